The zero-order valence-corrected chi connectivity index (χ0v) is 22.1. The molecule has 2 aliphatic rings. The Morgan fingerprint density at radius 2 is 1.75 bits per heavy atom. The van der Waals surface area contributed by atoms with Gasteiger partial charge in [-0.1, -0.05) is 55.5 Å². The van der Waals surface area contributed by atoms with Crippen LogP contribution in [-0.4, -0.2) is 52.9 Å². The van der Waals surface area contributed by atoms with Gasteiger partial charge in [0, 0.05) is 31.3 Å². The maximum atomic E-state index is 14.2. The molecule has 2 saturated heterocycles. The Labute approximate surface area is 230 Å². The van der Waals surface area contributed by atoms with Gasteiger partial charge in [-0.3, -0.25) is 4.79 Å². The molecule has 0 bridgehead atoms. The highest BCUT2D eigenvalue weighted by Gasteiger charge is 2.45. The van der Waals surface area contributed by atoms with Crippen LogP contribution in [0.2, 0.25) is 0 Å². The lowest BCUT2D eigenvalue weighted by molar-refractivity contribution is -0.198. The molecule has 5 rings (SSSR count). The van der Waals surface area contributed by atoms with E-state index in [1.165, 1.54) is 23.8 Å². The summed E-state index contributed by atoms with van der Waals surface area (Å²) in [5.41, 5.74) is 8.60. The van der Waals surface area contributed by atoms with Crippen molar-refractivity contribution in [3.05, 3.63) is 65.7 Å². The lowest BCUT2D eigenvalue weighted by atomic mass is 9.76. The zero-order valence-electron chi connectivity index (χ0n) is 22.1. The first-order chi connectivity index (χ1) is 19.0. The van der Waals surface area contributed by atoms with Crippen molar-refractivity contribution in [2.45, 2.75) is 50.9 Å². The summed E-state index contributed by atoms with van der Waals surface area (Å²) in [5, 5.41) is 12.4. The third kappa shape index (κ3) is 5.99. The molecule has 0 aliphatic carbocycles. The van der Waals surface area contributed by atoms with Gasteiger partial charge in [-0.25, -0.2) is 0 Å². The number of rotatable bonds is 7. The smallest absolute Gasteiger partial charge is 0.429 e. The highest BCUT2D eigenvalue weighted by molar-refractivity contribution is 5.74. The number of hydrogen-bond donors (Lipinski definition) is 3. The minimum Gasteiger partial charge on any atom is -0.480 e. The largest absolute Gasteiger partial charge is 0.480 e. The molecule has 2 fully saturated rings. The summed E-state index contributed by atoms with van der Waals surface area (Å²) < 4.78 is 47.9. The van der Waals surface area contributed by atoms with E-state index in [-0.39, 0.29) is 22.8 Å². The quantitative estimate of drug-likeness (QED) is 0.373. The van der Waals surface area contributed by atoms with Crippen molar-refractivity contribution < 1.29 is 27.8 Å². The van der Waals surface area contributed by atoms with E-state index in [1.54, 1.807) is 12.1 Å². The normalized spacial score (nSPS) is 19.5. The number of carboxylic acid groups (broad SMARTS) is 1. The van der Waals surface area contributed by atoms with Gasteiger partial charge in [-0.2, -0.15) is 23.1 Å². The first kappa shape index (κ1) is 27.7. The van der Waals surface area contributed by atoms with Gasteiger partial charge in [0.05, 0.1) is 0 Å². The van der Waals surface area contributed by atoms with E-state index in [0.717, 1.165) is 30.4 Å². The monoisotopic (exact) mass is 555 g/mol. The van der Waals surface area contributed by atoms with Gasteiger partial charge >= 0.3 is 12.1 Å². The molecule has 2 aliphatic heterocycles. The molecule has 0 radical (unpaired) electrons. The number of nitrogen functional groups attached to an aromatic ring is 1. The number of aryl methyl sites for hydroxylation is 1. The van der Waals surface area contributed by atoms with Crippen LogP contribution in [0.15, 0.2) is 54.6 Å². The molecule has 4 N–H and O–H groups in total. The molecule has 1 unspecified atom stereocenters. The number of nitrogens with zero attached hydrogens (tertiary/aromatic N) is 3. The topological polar surface area (TPSA) is 114 Å². The number of aromatic nitrogens is 2. The maximum absolute atomic E-state index is 14.2. The number of alkyl halides is 3. The number of carbonyl (C=O) groups is 1. The van der Waals surface area contributed by atoms with E-state index in [2.05, 4.69) is 22.2 Å². The predicted molar refractivity (Wildman–Crippen MR) is 145 cm³/mol. The lowest BCUT2D eigenvalue weighted by Gasteiger charge is -2.39. The number of anilines is 2. The fraction of sp³-hybridized carbons (Fsp3) is 0.414. The Balaban J connectivity index is 1.31. The molecular weight excluding hydrogens is 523 g/mol. The highest BCUT2D eigenvalue weighted by Crippen LogP contribution is 2.41. The van der Waals surface area contributed by atoms with Gasteiger partial charge in [0.15, 0.2) is 0 Å². The molecule has 8 nitrogen and oxygen atoms in total. The van der Waals surface area contributed by atoms with Crippen LogP contribution >= 0.6 is 0 Å². The van der Waals surface area contributed by atoms with Gasteiger partial charge in [0.1, 0.15) is 11.9 Å². The summed E-state index contributed by atoms with van der Waals surface area (Å²) in [5.74, 6) is -0.931. The summed E-state index contributed by atoms with van der Waals surface area (Å²) in [7, 11) is 0. The van der Waals surface area contributed by atoms with Gasteiger partial charge in [-0.05, 0) is 47.8 Å². The van der Waals surface area contributed by atoms with E-state index >= 15 is 0 Å². The molecule has 40 heavy (non-hydrogen) atoms. The second kappa shape index (κ2) is 11.0. The van der Waals surface area contributed by atoms with Gasteiger partial charge < -0.3 is 25.8 Å². The Morgan fingerprint density at radius 1 is 1.12 bits per heavy atom. The summed E-state index contributed by atoms with van der Waals surface area (Å²) in [6, 6.07) is 14.8. The van der Waals surface area contributed by atoms with Crippen LogP contribution in [-0.2, 0) is 11.2 Å². The van der Waals surface area contributed by atoms with Crippen molar-refractivity contribution >= 4 is 17.7 Å². The molecule has 1 spiro atoms. The minimum atomic E-state index is -4.70. The van der Waals surface area contributed by atoms with Crippen molar-refractivity contribution in [2.75, 3.05) is 30.3 Å². The van der Waals surface area contributed by atoms with Crippen LogP contribution < -0.4 is 20.7 Å². The van der Waals surface area contributed by atoms with Gasteiger partial charge in [-0.15, -0.1) is 0 Å². The molecule has 2 aromatic carbocycles. The predicted octanol–water partition coefficient (Wildman–Crippen LogP) is 5.00. The number of carboxylic acids is 1. The Kier molecular flexibility index (Phi) is 7.59. The van der Waals surface area contributed by atoms with Crippen molar-refractivity contribution in [3.63, 3.8) is 0 Å². The Morgan fingerprint density at radius 3 is 2.30 bits per heavy atom. The van der Waals surface area contributed by atoms with Crippen molar-refractivity contribution in [1.82, 2.24) is 15.3 Å². The molecular formula is C29H32F3N5O3. The minimum absolute atomic E-state index is 0.0539. The van der Waals surface area contributed by atoms with Crippen LogP contribution in [0.1, 0.15) is 43.4 Å². The van der Waals surface area contributed by atoms with Crippen LogP contribution in [0, 0.1) is 5.41 Å². The van der Waals surface area contributed by atoms with Crippen molar-refractivity contribution in [2.24, 2.45) is 5.41 Å². The first-order valence-electron chi connectivity index (χ1n) is 13.3. The van der Waals surface area contributed by atoms with E-state index in [4.69, 9.17) is 10.5 Å². The summed E-state index contributed by atoms with van der Waals surface area (Å²) >= 11 is 0. The lowest BCUT2D eigenvalue weighted by Crippen LogP contribution is -2.41. The first-order valence-corrected chi connectivity index (χ1v) is 13.3. The van der Waals surface area contributed by atoms with E-state index in [1.807, 2.05) is 29.2 Å². The summed E-state index contributed by atoms with van der Waals surface area (Å²) in [6.07, 6.45) is -4.04. The molecule has 2 atom stereocenters. The Bertz CT molecular complexity index is 1340. The molecule has 0 saturated carbocycles. The fourth-order valence-electron chi connectivity index (χ4n) is 5.56. The maximum Gasteiger partial charge on any atom is 0.429 e. The molecule has 11 heteroatoms. The van der Waals surface area contributed by atoms with Crippen LogP contribution in [0.3, 0.4) is 0 Å². The average Bonchev–Trinajstić information content (AvgIpc) is 3.35. The average molecular weight is 556 g/mol. The standard InChI is InChI=1S/C29H32F3N5O3/c1-2-18-3-5-19(6-4-18)20-7-9-21(10-8-20)25(29(30,31)32)40-24-15-23(35-27(33)36-24)37-13-11-28(12-14-37)16-22(26(38)39)34-17-28/h3-10,15,22,25,34H,2,11-14,16-17H2,1H3,(H,38,39)(H2,33,35,36)/t22?,25-/m1/s1. The van der Waals surface area contributed by atoms with Crippen molar-refractivity contribution in [3.8, 4) is 17.0 Å². The molecule has 212 valence electrons. The molecule has 3 heterocycles. The van der Waals surface area contributed by atoms with Crippen LogP contribution in [0.5, 0.6) is 5.88 Å². The van der Waals surface area contributed by atoms with Crippen LogP contribution in [0.4, 0.5) is 24.9 Å². The van der Waals surface area contributed by atoms with E-state index in [0.29, 0.717) is 31.9 Å². The number of ether oxygens (including phenoxy) is 1. The zero-order chi connectivity index (χ0) is 28.5. The molecule has 1 aromatic heterocycles. The van der Waals surface area contributed by atoms with E-state index < -0.39 is 24.3 Å². The summed E-state index contributed by atoms with van der Waals surface area (Å²) in [6.45, 7) is 3.80. The third-order valence-electron chi connectivity index (χ3n) is 7.96. The number of aliphatic carboxylic acids is 1. The second-order valence-corrected chi connectivity index (χ2v) is 10.6. The highest BCUT2D eigenvalue weighted by atomic mass is 19.4. The molecule has 3 aromatic rings. The fourth-order valence-corrected chi connectivity index (χ4v) is 5.56. The number of nitrogens with two attached hydrogens (primary N) is 1. The number of benzene rings is 2. The summed E-state index contributed by atoms with van der Waals surface area (Å²) in [4.78, 5) is 21.4. The SMILES string of the molecule is CCc1ccc(-c2ccc([C@@H](Oc3cc(N4CCC5(CC4)CNC(C(=O)O)C5)nc(N)n3)C(F)(F)F)cc2)cc1. The van der Waals surface area contributed by atoms with Gasteiger partial charge in [0.25, 0.3) is 0 Å². The number of piperidine rings is 1. The second-order valence-electron chi connectivity index (χ2n) is 10.6. The van der Waals surface area contributed by atoms with Crippen LogP contribution in [0.25, 0.3) is 11.1 Å². The Hall–Kier alpha value is -3.86. The van der Waals surface area contributed by atoms with E-state index in [9.17, 15) is 23.1 Å². The molecule has 0 amide bonds. The van der Waals surface area contributed by atoms with Crippen molar-refractivity contribution in [1.29, 1.82) is 0 Å². The third-order valence-corrected chi connectivity index (χ3v) is 7.96. The van der Waals surface area contributed by atoms with Gasteiger partial charge in [0.2, 0.25) is 17.9 Å². The number of halogens is 3. The number of hydrogen-bond acceptors (Lipinski definition) is 7. The number of nitrogens with one attached hydrogen (secondary N) is 1.